The minimum absolute atomic E-state index is 0.167. The third-order valence-corrected chi connectivity index (χ3v) is 4.01. The fraction of sp³-hybridized carbons (Fsp3) is 0.222. The first-order chi connectivity index (χ1) is 13.1. The van der Waals surface area contributed by atoms with Gasteiger partial charge in [-0.15, -0.1) is 0 Å². The van der Waals surface area contributed by atoms with Crippen molar-refractivity contribution in [3.05, 3.63) is 59.5 Å². The van der Waals surface area contributed by atoms with Crippen LogP contribution in [0.15, 0.2) is 48.9 Å². The molecule has 8 nitrogen and oxygen atoms in total. The van der Waals surface area contributed by atoms with Gasteiger partial charge in [0, 0.05) is 19.8 Å². The highest BCUT2D eigenvalue weighted by Crippen LogP contribution is 2.26. The highest BCUT2D eigenvalue weighted by Gasteiger charge is 2.21. The smallest absolute Gasteiger partial charge is 0.247 e. The number of carbonyl (C=O) groups is 1. The highest BCUT2D eigenvalue weighted by molar-refractivity contribution is 6.32. The number of amides is 1. The Bertz CT molecular complexity index is 913. The van der Waals surface area contributed by atoms with Gasteiger partial charge in [-0.3, -0.25) is 9.48 Å². The lowest BCUT2D eigenvalue weighted by Crippen LogP contribution is -2.33. The molecule has 0 radical (unpaired) electrons. The summed E-state index contributed by atoms with van der Waals surface area (Å²) in [6, 6.07) is 8.75. The summed E-state index contributed by atoms with van der Waals surface area (Å²) in [5.74, 6) is 0.538. The predicted molar refractivity (Wildman–Crippen MR) is 105 cm³/mol. The van der Waals surface area contributed by atoms with Crippen molar-refractivity contribution in [2.24, 2.45) is 7.05 Å². The quantitative estimate of drug-likeness (QED) is 0.578. The van der Waals surface area contributed by atoms with Crippen molar-refractivity contribution in [2.45, 2.75) is 13.0 Å². The third-order valence-electron chi connectivity index (χ3n) is 3.73. The number of hydrogen-bond donors (Lipinski definition) is 3. The Balaban J connectivity index is 1.86. The number of likely N-dealkylation sites (N-methyl/N-ethyl adjacent to an activating group) is 1. The van der Waals surface area contributed by atoms with Crippen molar-refractivity contribution in [2.75, 3.05) is 17.2 Å². The summed E-state index contributed by atoms with van der Waals surface area (Å²) in [4.78, 5) is 21.1. The van der Waals surface area contributed by atoms with Crippen LogP contribution in [0.5, 0.6) is 0 Å². The van der Waals surface area contributed by atoms with Gasteiger partial charge < -0.3 is 16.0 Å². The molecule has 0 spiro atoms. The van der Waals surface area contributed by atoms with E-state index in [0.717, 1.165) is 11.3 Å². The molecule has 3 rings (SSSR count). The van der Waals surface area contributed by atoms with Crippen LogP contribution in [0.25, 0.3) is 0 Å². The molecule has 0 saturated carbocycles. The molecule has 9 heteroatoms. The Labute approximate surface area is 162 Å². The van der Waals surface area contributed by atoms with Crippen molar-refractivity contribution in [3.63, 3.8) is 0 Å². The van der Waals surface area contributed by atoms with Gasteiger partial charge in [0.05, 0.1) is 18.1 Å². The fourth-order valence-electron chi connectivity index (χ4n) is 2.50. The lowest BCUT2D eigenvalue weighted by molar-refractivity contribution is -0.121. The normalized spacial score (nSPS) is 11.7. The minimum atomic E-state index is -0.634. The van der Waals surface area contributed by atoms with Crippen LogP contribution in [0.4, 0.5) is 17.5 Å². The van der Waals surface area contributed by atoms with Crippen molar-refractivity contribution in [3.8, 4) is 0 Å². The van der Waals surface area contributed by atoms with Crippen molar-refractivity contribution >= 4 is 35.0 Å². The topological polar surface area (TPSA) is 96.8 Å². The lowest BCUT2D eigenvalue weighted by Gasteiger charge is -2.20. The van der Waals surface area contributed by atoms with Crippen LogP contribution in [-0.2, 0) is 11.8 Å². The monoisotopic (exact) mass is 385 g/mol. The van der Waals surface area contributed by atoms with Gasteiger partial charge in [0.2, 0.25) is 11.9 Å². The number of benzene rings is 1. The van der Waals surface area contributed by atoms with Crippen LogP contribution in [-0.4, -0.2) is 32.2 Å². The Kier molecular flexibility index (Phi) is 5.87. The van der Waals surface area contributed by atoms with Gasteiger partial charge >= 0.3 is 0 Å². The Morgan fingerprint density at radius 3 is 2.70 bits per heavy atom. The summed E-state index contributed by atoms with van der Waals surface area (Å²) >= 11 is 6.25. The minimum Gasteiger partial charge on any atom is -0.354 e. The van der Waals surface area contributed by atoms with E-state index < -0.39 is 6.04 Å². The molecule has 27 heavy (non-hydrogen) atoms. The summed E-state index contributed by atoms with van der Waals surface area (Å²) in [6.07, 6.45) is 4.94. The van der Waals surface area contributed by atoms with E-state index in [1.807, 2.05) is 44.3 Å². The number of rotatable bonds is 7. The first-order valence-electron chi connectivity index (χ1n) is 8.44. The maximum atomic E-state index is 12.6. The second-order valence-corrected chi connectivity index (χ2v) is 6.21. The van der Waals surface area contributed by atoms with E-state index in [4.69, 9.17) is 11.6 Å². The zero-order valence-corrected chi connectivity index (χ0v) is 15.7. The highest BCUT2D eigenvalue weighted by atomic mass is 35.5. The van der Waals surface area contributed by atoms with Gasteiger partial charge in [-0.25, -0.2) is 4.98 Å². The molecule has 2 heterocycles. The summed E-state index contributed by atoms with van der Waals surface area (Å²) in [7, 11) is 1.82. The van der Waals surface area contributed by atoms with E-state index in [9.17, 15) is 4.79 Å². The van der Waals surface area contributed by atoms with Crippen LogP contribution in [0.3, 0.4) is 0 Å². The van der Waals surface area contributed by atoms with Gasteiger partial charge in [-0.1, -0.05) is 41.9 Å². The molecule has 0 aliphatic heterocycles. The second kappa shape index (κ2) is 8.50. The second-order valence-electron chi connectivity index (χ2n) is 5.80. The standard InChI is InChI=1S/C18H20ClN7O/c1-3-20-17(27)15(12-7-5-4-6-8-12)24-16-14(19)10-21-18(25-16)23-13-9-22-26(2)11-13/h4-11,15H,3H2,1-2H3,(H,20,27)(H2,21,23,24,25). The number of nitrogens with zero attached hydrogens (tertiary/aromatic N) is 4. The molecular formula is C18H20ClN7O. The number of halogens is 1. The fourth-order valence-corrected chi connectivity index (χ4v) is 2.65. The molecule has 0 bridgehead atoms. The van der Waals surface area contributed by atoms with Gasteiger partial charge in [0.25, 0.3) is 0 Å². The zero-order chi connectivity index (χ0) is 19.2. The Morgan fingerprint density at radius 1 is 1.26 bits per heavy atom. The van der Waals surface area contributed by atoms with E-state index in [2.05, 4.69) is 31.0 Å². The summed E-state index contributed by atoms with van der Waals surface area (Å²) in [5, 5.41) is 13.4. The van der Waals surface area contributed by atoms with E-state index in [0.29, 0.717) is 23.3 Å². The largest absolute Gasteiger partial charge is 0.354 e. The van der Waals surface area contributed by atoms with Gasteiger partial charge in [0.15, 0.2) is 5.82 Å². The SMILES string of the molecule is CCNC(=O)C(Nc1nc(Nc2cnn(C)c2)ncc1Cl)c1ccccc1. The van der Waals surface area contributed by atoms with E-state index in [1.165, 1.54) is 6.20 Å². The van der Waals surface area contributed by atoms with Gasteiger partial charge in [0.1, 0.15) is 11.1 Å². The number of anilines is 3. The molecule has 3 aromatic rings. The first kappa shape index (κ1) is 18.7. The molecule has 0 fully saturated rings. The van der Waals surface area contributed by atoms with E-state index in [-0.39, 0.29) is 5.91 Å². The molecule has 1 amide bonds. The Hall–Kier alpha value is -3.13. The molecule has 0 saturated heterocycles. The number of hydrogen-bond acceptors (Lipinski definition) is 6. The molecule has 0 aliphatic carbocycles. The summed E-state index contributed by atoms with van der Waals surface area (Å²) in [5.41, 5.74) is 1.55. The van der Waals surface area contributed by atoms with Crippen LogP contribution >= 0.6 is 11.6 Å². The van der Waals surface area contributed by atoms with Gasteiger partial charge in [-0.2, -0.15) is 10.1 Å². The number of aromatic nitrogens is 4. The molecule has 1 unspecified atom stereocenters. The predicted octanol–water partition coefficient (Wildman–Crippen LogP) is 2.90. The van der Waals surface area contributed by atoms with Crippen molar-refractivity contribution < 1.29 is 4.79 Å². The zero-order valence-electron chi connectivity index (χ0n) is 15.0. The van der Waals surface area contributed by atoms with Crippen molar-refractivity contribution in [1.82, 2.24) is 25.1 Å². The Morgan fingerprint density at radius 2 is 2.04 bits per heavy atom. The summed E-state index contributed by atoms with van der Waals surface area (Å²) in [6.45, 7) is 2.39. The van der Waals surface area contributed by atoms with Gasteiger partial charge in [-0.05, 0) is 12.5 Å². The molecule has 1 atom stereocenters. The van der Waals surface area contributed by atoms with E-state index in [1.54, 1.807) is 17.1 Å². The van der Waals surface area contributed by atoms with E-state index >= 15 is 0 Å². The molecule has 140 valence electrons. The van der Waals surface area contributed by atoms with Crippen molar-refractivity contribution in [1.29, 1.82) is 0 Å². The summed E-state index contributed by atoms with van der Waals surface area (Å²) < 4.78 is 1.66. The molecular weight excluding hydrogens is 366 g/mol. The molecule has 0 aliphatic rings. The number of nitrogens with one attached hydrogen (secondary N) is 3. The first-order valence-corrected chi connectivity index (χ1v) is 8.82. The molecule has 2 aromatic heterocycles. The molecule has 3 N–H and O–H groups in total. The third kappa shape index (κ3) is 4.73. The lowest BCUT2D eigenvalue weighted by atomic mass is 10.1. The number of carbonyl (C=O) groups excluding carboxylic acids is 1. The van der Waals surface area contributed by atoms with Crippen LogP contribution < -0.4 is 16.0 Å². The number of aryl methyl sites for hydroxylation is 1. The van der Waals surface area contributed by atoms with Crippen LogP contribution in [0, 0.1) is 0 Å². The maximum absolute atomic E-state index is 12.6. The average molecular weight is 386 g/mol. The molecule has 1 aromatic carbocycles. The average Bonchev–Trinajstić information content (AvgIpc) is 3.07. The van der Waals surface area contributed by atoms with Crippen LogP contribution in [0.2, 0.25) is 5.02 Å². The maximum Gasteiger partial charge on any atom is 0.247 e. The van der Waals surface area contributed by atoms with Crippen LogP contribution in [0.1, 0.15) is 18.5 Å².